The Morgan fingerprint density at radius 2 is 2.17 bits per heavy atom. The molecule has 2 N–H and O–H groups in total. The van der Waals surface area contributed by atoms with Crippen molar-refractivity contribution in [3.05, 3.63) is 40.4 Å². The van der Waals surface area contributed by atoms with Gasteiger partial charge in [0.05, 0.1) is 5.02 Å². The predicted octanol–water partition coefficient (Wildman–Crippen LogP) is 2.33. The van der Waals surface area contributed by atoms with Gasteiger partial charge in [0.1, 0.15) is 5.82 Å². The molecular weight excluding hydrogens is 321 g/mol. The number of nitrogens with one attached hydrogen (secondary N) is 2. The van der Waals surface area contributed by atoms with Crippen LogP contribution in [-0.4, -0.2) is 33.8 Å². The van der Waals surface area contributed by atoms with Crippen LogP contribution in [0.25, 0.3) is 0 Å². The Kier molecular flexibility index (Phi) is 4.58. The highest BCUT2D eigenvalue weighted by molar-refractivity contribution is 6.31. The molecule has 2 aromatic rings. The van der Waals surface area contributed by atoms with Crippen molar-refractivity contribution in [1.29, 1.82) is 0 Å². The second-order valence-electron chi connectivity index (χ2n) is 5.52. The van der Waals surface area contributed by atoms with Crippen LogP contribution in [0.15, 0.2) is 18.2 Å². The van der Waals surface area contributed by atoms with Crippen molar-refractivity contribution in [3.8, 4) is 0 Å². The number of hydrogen-bond donors (Lipinski definition) is 2. The molecule has 3 rings (SSSR count). The minimum atomic E-state index is -0.560. The number of nitrogens with zero attached hydrogens (tertiary/aromatic N) is 3. The van der Waals surface area contributed by atoms with Gasteiger partial charge in [0, 0.05) is 18.5 Å². The topological polar surface area (TPSA) is 71.8 Å². The number of benzene rings is 1. The second kappa shape index (κ2) is 6.64. The van der Waals surface area contributed by atoms with Crippen LogP contribution in [0.4, 0.5) is 10.3 Å². The first kappa shape index (κ1) is 15.9. The minimum absolute atomic E-state index is 0.0917. The molecule has 2 heterocycles. The Hall–Kier alpha value is -1.99. The molecule has 8 heteroatoms. The molecule has 1 aliphatic heterocycles. The van der Waals surface area contributed by atoms with Crippen molar-refractivity contribution >= 4 is 23.5 Å². The Balaban J connectivity index is 1.75. The average Bonchev–Trinajstić information content (AvgIpc) is 2.92. The van der Waals surface area contributed by atoms with Crippen molar-refractivity contribution < 1.29 is 9.18 Å². The molecule has 0 radical (unpaired) electrons. The van der Waals surface area contributed by atoms with Gasteiger partial charge in [0.2, 0.25) is 5.95 Å². The third-order valence-electron chi connectivity index (χ3n) is 3.89. The summed E-state index contributed by atoms with van der Waals surface area (Å²) >= 11 is 5.70. The molecule has 0 saturated carbocycles. The zero-order valence-corrected chi connectivity index (χ0v) is 13.4. The molecule has 23 heavy (non-hydrogen) atoms. The summed E-state index contributed by atoms with van der Waals surface area (Å²) in [5.74, 6) is 0.438. The van der Waals surface area contributed by atoms with Crippen LogP contribution in [0.1, 0.15) is 34.9 Å². The van der Waals surface area contributed by atoms with Gasteiger partial charge in [-0.15, -0.1) is 0 Å². The van der Waals surface area contributed by atoms with Crippen LogP contribution < -0.4 is 10.6 Å². The molecule has 1 aliphatic rings. The quantitative estimate of drug-likeness (QED) is 0.901. The highest BCUT2D eigenvalue weighted by Gasteiger charge is 2.21. The molecule has 0 atom stereocenters. The van der Waals surface area contributed by atoms with Crippen LogP contribution in [0.5, 0.6) is 0 Å². The van der Waals surface area contributed by atoms with Crippen LogP contribution in [-0.2, 0) is 7.05 Å². The van der Waals surface area contributed by atoms with Gasteiger partial charge < -0.3 is 5.32 Å². The first-order valence-corrected chi connectivity index (χ1v) is 7.80. The molecule has 1 amide bonds. The van der Waals surface area contributed by atoms with E-state index >= 15 is 0 Å². The summed E-state index contributed by atoms with van der Waals surface area (Å²) in [7, 11) is 1.73. The summed E-state index contributed by atoms with van der Waals surface area (Å²) in [6.07, 6.45) is 1.95. The number of rotatable bonds is 3. The van der Waals surface area contributed by atoms with Crippen molar-refractivity contribution in [2.24, 2.45) is 7.05 Å². The highest BCUT2D eigenvalue weighted by Crippen LogP contribution is 2.23. The summed E-state index contributed by atoms with van der Waals surface area (Å²) < 4.78 is 14.7. The van der Waals surface area contributed by atoms with Crippen LogP contribution in [0, 0.1) is 5.82 Å². The lowest BCUT2D eigenvalue weighted by molar-refractivity contribution is 0.102. The molecule has 0 bridgehead atoms. The number of amides is 1. The molecule has 0 aliphatic carbocycles. The number of carbonyl (C=O) groups excluding carboxylic acids is 1. The van der Waals surface area contributed by atoms with E-state index in [9.17, 15) is 9.18 Å². The zero-order chi connectivity index (χ0) is 16.4. The van der Waals surface area contributed by atoms with Gasteiger partial charge in [-0.2, -0.15) is 10.1 Å². The van der Waals surface area contributed by atoms with Gasteiger partial charge in [-0.05, 0) is 44.1 Å². The maximum Gasteiger partial charge on any atom is 0.258 e. The molecule has 1 aromatic carbocycles. The van der Waals surface area contributed by atoms with Crippen molar-refractivity contribution in [3.63, 3.8) is 0 Å². The van der Waals surface area contributed by atoms with E-state index in [1.54, 1.807) is 11.7 Å². The number of carbonyl (C=O) groups is 1. The first-order valence-electron chi connectivity index (χ1n) is 7.42. The maximum absolute atomic E-state index is 13.2. The lowest BCUT2D eigenvalue weighted by Crippen LogP contribution is -2.27. The zero-order valence-electron chi connectivity index (χ0n) is 12.6. The smallest absolute Gasteiger partial charge is 0.258 e. The average molecular weight is 338 g/mol. The maximum atomic E-state index is 13.2. The number of piperidine rings is 1. The summed E-state index contributed by atoms with van der Waals surface area (Å²) in [5, 5.41) is 10.3. The normalized spacial score (nSPS) is 15.6. The Bertz CT molecular complexity index is 727. The van der Waals surface area contributed by atoms with Gasteiger partial charge in [0.15, 0.2) is 5.82 Å². The molecule has 6 nitrogen and oxygen atoms in total. The Labute approximate surface area is 138 Å². The Morgan fingerprint density at radius 1 is 1.43 bits per heavy atom. The van der Waals surface area contributed by atoms with Gasteiger partial charge in [-0.1, -0.05) is 11.6 Å². The number of aryl methyl sites for hydroxylation is 1. The summed E-state index contributed by atoms with van der Waals surface area (Å²) in [6.45, 7) is 1.89. The standard InChI is InChI=1S/C15H17ClFN5O/c1-22-15(19-13(21-22)9-4-6-18-7-5-9)20-14(23)10-2-3-12(17)11(16)8-10/h2-3,8-9,18H,4-7H2,1H3,(H,19,20,21,23). The monoisotopic (exact) mass is 337 g/mol. The van der Waals surface area contributed by atoms with Gasteiger partial charge in [0.25, 0.3) is 5.91 Å². The second-order valence-corrected chi connectivity index (χ2v) is 5.93. The van der Waals surface area contributed by atoms with Crippen molar-refractivity contribution in [2.45, 2.75) is 18.8 Å². The summed E-state index contributed by atoms with van der Waals surface area (Å²) in [4.78, 5) is 16.7. The predicted molar refractivity (Wildman–Crippen MR) is 85.2 cm³/mol. The van der Waals surface area contributed by atoms with E-state index in [4.69, 9.17) is 11.6 Å². The molecule has 122 valence electrons. The van der Waals surface area contributed by atoms with E-state index in [-0.39, 0.29) is 10.6 Å². The molecule has 1 fully saturated rings. The fourth-order valence-corrected chi connectivity index (χ4v) is 2.76. The number of anilines is 1. The molecule has 0 unspecified atom stereocenters. The van der Waals surface area contributed by atoms with E-state index in [0.717, 1.165) is 37.8 Å². The van der Waals surface area contributed by atoms with Gasteiger partial charge in [-0.3, -0.25) is 10.1 Å². The number of aromatic nitrogens is 3. The van der Waals surface area contributed by atoms with Crippen molar-refractivity contribution in [2.75, 3.05) is 18.4 Å². The van der Waals surface area contributed by atoms with E-state index in [1.807, 2.05) is 0 Å². The van der Waals surface area contributed by atoms with Gasteiger partial charge >= 0.3 is 0 Å². The third-order valence-corrected chi connectivity index (χ3v) is 4.18. The SMILES string of the molecule is Cn1nc(C2CCNCC2)nc1NC(=O)c1ccc(F)c(Cl)c1. The summed E-state index contributed by atoms with van der Waals surface area (Å²) in [6, 6.07) is 3.82. The number of hydrogen-bond acceptors (Lipinski definition) is 4. The molecular formula is C15H17ClFN5O. The molecule has 1 saturated heterocycles. The first-order chi connectivity index (χ1) is 11.0. The van der Waals surface area contributed by atoms with E-state index in [2.05, 4.69) is 20.7 Å². The van der Waals surface area contributed by atoms with Crippen molar-refractivity contribution in [1.82, 2.24) is 20.1 Å². The van der Waals surface area contributed by atoms with E-state index in [0.29, 0.717) is 11.9 Å². The minimum Gasteiger partial charge on any atom is -0.317 e. The largest absolute Gasteiger partial charge is 0.317 e. The number of halogens is 2. The molecule has 1 aromatic heterocycles. The van der Waals surface area contributed by atoms with Crippen LogP contribution in [0.3, 0.4) is 0 Å². The lowest BCUT2D eigenvalue weighted by Gasteiger charge is -2.19. The highest BCUT2D eigenvalue weighted by atomic mass is 35.5. The van der Waals surface area contributed by atoms with E-state index < -0.39 is 11.7 Å². The van der Waals surface area contributed by atoms with Crippen LogP contribution >= 0.6 is 11.6 Å². The van der Waals surface area contributed by atoms with Gasteiger partial charge in [-0.25, -0.2) is 9.07 Å². The Morgan fingerprint density at radius 3 is 2.87 bits per heavy atom. The third kappa shape index (κ3) is 3.51. The summed E-state index contributed by atoms with van der Waals surface area (Å²) in [5.41, 5.74) is 0.266. The fraction of sp³-hybridized carbons (Fsp3) is 0.400. The fourth-order valence-electron chi connectivity index (χ4n) is 2.58. The lowest BCUT2D eigenvalue weighted by atomic mass is 9.98. The van der Waals surface area contributed by atoms with Crippen LogP contribution in [0.2, 0.25) is 5.02 Å². The molecule has 0 spiro atoms. The van der Waals surface area contributed by atoms with E-state index in [1.165, 1.54) is 12.1 Å².